The molecular weight excluding hydrogens is 306 g/mol. The molecule has 122 valence electrons. The second-order valence-corrected chi connectivity index (χ2v) is 5.48. The molecule has 24 heavy (non-hydrogen) atoms. The van der Waals surface area contributed by atoms with E-state index in [1.54, 1.807) is 24.3 Å². The fourth-order valence-electron chi connectivity index (χ4n) is 2.50. The molecule has 0 aliphatic heterocycles. The normalized spacial score (nSPS) is 10.6. The van der Waals surface area contributed by atoms with Crippen molar-refractivity contribution in [2.75, 3.05) is 5.32 Å². The van der Waals surface area contributed by atoms with Gasteiger partial charge in [0, 0.05) is 23.6 Å². The Morgan fingerprint density at radius 2 is 1.92 bits per heavy atom. The molecule has 5 nitrogen and oxygen atoms in total. The highest BCUT2D eigenvalue weighted by molar-refractivity contribution is 5.93. The molecule has 0 saturated heterocycles. The summed E-state index contributed by atoms with van der Waals surface area (Å²) in [7, 11) is 0. The molecule has 0 aliphatic carbocycles. The third-order valence-electron chi connectivity index (χ3n) is 3.70. The van der Waals surface area contributed by atoms with Gasteiger partial charge in [-0.15, -0.1) is 0 Å². The van der Waals surface area contributed by atoms with Gasteiger partial charge in [0.1, 0.15) is 18.0 Å². The van der Waals surface area contributed by atoms with Crippen molar-refractivity contribution >= 4 is 28.5 Å². The fourth-order valence-corrected chi connectivity index (χ4v) is 2.50. The lowest BCUT2D eigenvalue weighted by Crippen LogP contribution is -2.09. The molecule has 0 fully saturated rings. The van der Waals surface area contributed by atoms with Crippen LogP contribution >= 0.6 is 0 Å². The molecule has 3 aromatic rings. The first-order valence-electron chi connectivity index (χ1n) is 7.56. The average molecular weight is 323 g/mol. The highest BCUT2D eigenvalue weighted by Crippen LogP contribution is 2.25. The summed E-state index contributed by atoms with van der Waals surface area (Å²) in [4.78, 5) is 23.3. The number of hydrogen-bond acceptors (Lipinski definition) is 4. The summed E-state index contributed by atoms with van der Waals surface area (Å²) >= 11 is 0. The number of fused-ring (bicyclic) bond motifs is 1. The minimum absolute atomic E-state index is 0.0592. The number of benzene rings is 2. The van der Waals surface area contributed by atoms with Crippen molar-refractivity contribution in [2.45, 2.75) is 20.5 Å². The zero-order chi connectivity index (χ0) is 17.1. The van der Waals surface area contributed by atoms with Crippen molar-refractivity contribution in [1.82, 2.24) is 0 Å². The van der Waals surface area contributed by atoms with Crippen LogP contribution in [0.25, 0.3) is 11.0 Å². The maximum atomic E-state index is 12.2. The zero-order valence-electron chi connectivity index (χ0n) is 13.5. The van der Waals surface area contributed by atoms with Crippen molar-refractivity contribution in [2.24, 2.45) is 0 Å². The number of anilines is 1. The van der Waals surface area contributed by atoms with Crippen molar-refractivity contribution < 1.29 is 18.7 Å². The number of ether oxygens (including phenoxy) is 1. The van der Waals surface area contributed by atoms with Crippen LogP contribution in [0.2, 0.25) is 0 Å². The number of esters is 1. The molecule has 1 N–H and O–H groups in total. The van der Waals surface area contributed by atoms with E-state index < -0.39 is 5.97 Å². The highest BCUT2D eigenvalue weighted by atomic mass is 16.5. The Morgan fingerprint density at radius 1 is 1.12 bits per heavy atom. The standard InChI is InChI=1S/C19H17NO4/c1-12-16-8-3-4-9-17(16)24-18(12)11-23-19(22)14-6-5-7-15(10-14)20-13(2)21/h3-10H,11H2,1-2H3,(H,20,21). The molecule has 1 aromatic heterocycles. The van der Waals surface area contributed by atoms with Gasteiger partial charge in [0.25, 0.3) is 0 Å². The third-order valence-corrected chi connectivity index (χ3v) is 3.70. The summed E-state index contributed by atoms with van der Waals surface area (Å²) in [6, 6.07) is 14.3. The van der Waals surface area contributed by atoms with Crippen molar-refractivity contribution in [1.29, 1.82) is 0 Å². The number of carbonyl (C=O) groups is 2. The largest absolute Gasteiger partial charge is 0.457 e. The Balaban J connectivity index is 1.73. The lowest BCUT2D eigenvalue weighted by molar-refractivity contribution is -0.114. The van der Waals surface area contributed by atoms with E-state index in [4.69, 9.17) is 9.15 Å². The first-order chi connectivity index (χ1) is 11.5. The summed E-state index contributed by atoms with van der Waals surface area (Å²) in [6.07, 6.45) is 0. The molecule has 0 atom stereocenters. The van der Waals surface area contributed by atoms with Gasteiger partial charge in [0.15, 0.2) is 0 Å². The molecule has 0 radical (unpaired) electrons. The Hall–Kier alpha value is -3.08. The quantitative estimate of drug-likeness (QED) is 0.735. The van der Waals surface area contributed by atoms with Gasteiger partial charge in [-0.3, -0.25) is 4.79 Å². The predicted molar refractivity (Wildman–Crippen MR) is 90.8 cm³/mol. The van der Waals surface area contributed by atoms with Gasteiger partial charge in [0.2, 0.25) is 5.91 Å². The van der Waals surface area contributed by atoms with Crippen LogP contribution in [-0.4, -0.2) is 11.9 Å². The Bertz CT molecular complexity index is 911. The Labute approximate surface area is 139 Å². The van der Waals surface area contributed by atoms with E-state index in [2.05, 4.69) is 5.32 Å². The number of rotatable bonds is 4. The lowest BCUT2D eigenvalue weighted by atomic mass is 10.1. The van der Waals surface area contributed by atoms with Crippen LogP contribution in [0.5, 0.6) is 0 Å². The highest BCUT2D eigenvalue weighted by Gasteiger charge is 2.14. The number of aryl methyl sites for hydroxylation is 1. The lowest BCUT2D eigenvalue weighted by Gasteiger charge is -2.06. The van der Waals surface area contributed by atoms with Gasteiger partial charge in [-0.2, -0.15) is 0 Å². The van der Waals surface area contributed by atoms with Crippen molar-refractivity contribution in [3.63, 3.8) is 0 Å². The predicted octanol–water partition coefficient (Wildman–Crippen LogP) is 4.06. The zero-order valence-corrected chi connectivity index (χ0v) is 13.5. The molecular formula is C19H17NO4. The third kappa shape index (κ3) is 3.30. The number of carbonyl (C=O) groups excluding carboxylic acids is 2. The summed E-state index contributed by atoms with van der Waals surface area (Å²) in [5.74, 6) is -0.0389. The molecule has 3 rings (SSSR count). The first kappa shape index (κ1) is 15.8. The molecule has 2 aromatic carbocycles. The van der Waals surface area contributed by atoms with Crippen LogP contribution in [0, 0.1) is 6.92 Å². The number of amides is 1. The first-order valence-corrected chi connectivity index (χ1v) is 7.56. The summed E-state index contributed by atoms with van der Waals surface area (Å²) in [5.41, 5.74) is 2.66. The maximum Gasteiger partial charge on any atom is 0.338 e. The second-order valence-electron chi connectivity index (χ2n) is 5.48. The molecule has 1 amide bonds. The van der Waals surface area contributed by atoms with E-state index >= 15 is 0 Å². The minimum Gasteiger partial charge on any atom is -0.457 e. The fraction of sp³-hybridized carbons (Fsp3) is 0.158. The topological polar surface area (TPSA) is 68.5 Å². The van der Waals surface area contributed by atoms with Crippen LogP contribution in [0.3, 0.4) is 0 Å². The van der Waals surface area contributed by atoms with Crippen LogP contribution < -0.4 is 5.32 Å². The monoisotopic (exact) mass is 323 g/mol. The molecule has 0 saturated carbocycles. The Kier molecular flexibility index (Phi) is 4.33. The summed E-state index contributed by atoms with van der Waals surface area (Å²) in [6.45, 7) is 3.41. The van der Waals surface area contributed by atoms with Crippen LogP contribution in [-0.2, 0) is 16.1 Å². The van der Waals surface area contributed by atoms with Crippen molar-refractivity contribution in [3.05, 3.63) is 65.4 Å². The van der Waals surface area contributed by atoms with Crippen LogP contribution in [0.15, 0.2) is 52.9 Å². The molecule has 0 unspecified atom stereocenters. The summed E-state index contributed by atoms with van der Waals surface area (Å²) < 4.78 is 11.1. The number of hydrogen-bond donors (Lipinski definition) is 1. The average Bonchev–Trinajstić information content (AvgIpc) is 2.89. The van der Waals surface area contributed by atoms with Gasteiger partial charge < -0.3 is 14.5 Å². The maximum absolute atomic E-state index is 12.2. The Morgan fingerprint density at radius 3 is 2.67 bits per heavy atom. The van der Waals surface area contributed by atoms with E-state index in [0.717, 1.165) is 16.5 Å². The number of furan rings is 1. The minimum atomic E-state index is -0.470. The molecule has 0 aliphatic rings. The molecule has 0 spiro atoms. The second kappa shape index (κ2) is 6.58. The van der Waals surface area contributed by atoms with E-state index in [-0.39, 0.29) is 12.5 Å². The van der Waals surface area contributed by atoms with Gasteiger partial charge in [-0.25, -0.2) is 4.79 Å². The summed E-state index contributed by atoms with van der Waals surface area (Å²) in [5, 5.41) is 3.65. The van der Waals surface area contributed by atoms with Gasteiger partial charge in [-0.1, -0.05) is 24.3 Å². The smallest absolute Gasteiger partial charge is 0.338 e. The van der Waals surface area contributed by atoms with E-state index in [0.29, 0.717) is 17.0 Å². The van der Waals surface area contributed by atoms with E-state index in [1.807, 2.05) is 31.2 Å². The van der Waals surface area contributed by atoms with E-state index in [1.165, 1.54) is 6.92 Å². The number of para-hydroxylation sites is 1. The van der Waals surface area contributed by atoms with Gasteiger partial charge in [0.05, 0.1) is 5.56 Å². The van der Waals surface area contributed by atoms with Gasteiger partial charge in [-0.05, 0) is 31.2 Å². The van der Waals surface area contributed by atoms with E-state index in [9.17, 15) is 9.59 Å². The molecule has 5 heteroatoms. The van der Waals surface area contributed by atoms with Crippen LogP contribution in [0.4, 0.5) is 5.69 Å². The molecule has 1 heterocycles. The number of nitrogens with one attached hydrogen (secondary N) is 1. The van der Waals surface area contributed by atoms with Gasteiger partial charge >= 0.3 is 5.97 Å². The van der Waals surface area contributed by atoms with Crippen LogP contribution in [0.1, 0.15) is 28.6 Å². The molecule has 0 bridgehead atoms. The van der Waals surface area contributed by atoms with Crippen molar-refractivity contribution in [3.8, 4) is 0 Å². The SMILES string of the molecule is CC(=O)Nc1cccc(C(=O)OCc2oc3ccccc3c2C)c1.